The summed E-state index contributed by atoms with van der Waals surface area (Å²) < 4.78 is 0. The van der Waals surface area contributed by atoms with E-state index in [1.165, 1.54) is 16.7 Å². The van der Waals surface area contributed by atoms with Crippen LogP contribution in [0.4, 0.5) is 11.9 Å². The van der Waals surface area contributed by atoms with Gasteiger partial charge in [-0.1, -0.05) is 38.5 Å². The Kier molecular flexibility index (Phi) is 5.09. The van der Waals surface area contributed by atoms with Gasteiger partial charge in [-0.25, -0.2) is 0 Å². The van der Waals surface area contributed by atoms with Gasteiger partial charge in [0.1, 0.15) is 5.82 Å². The van der Waals surface area contributed by atoms with Gasteiger partial charge in [-0.05, 0) is 36.5 Å². The van der Waals surface area contributed by atoms with E-state index in [-0.39, 0.29) is 5.95 Å². The molecule has 0 aliphatic carbocycles. The van der Waals surface area contributed by atoms with E-state index in [1.54, 1.807) is 0 Å². The van der Waals surface area contributed by atoms with Crippen LogP contribution in [0, 0.1) is 6.92 Å². The predicted octanol–water partition coefficient (Wildman–Crippen LogP) is 2.89. The number of nitrogens with one attached hydrogen (secondary N) is 1. The number of rotatable bonds is 6. The molecule has 0 aliphatic heterocycles. The Morgan fingerprint density at radius 2 is 1.90 bits per heavy atom. The zero-order chi connectivity index (χ0) is 15.2. The molecule has 21 heavy (non-hydrogen) atoms. The second kappa shape index (κ2) is 7.02. The molecule has 0 atom stereocenters. The molecule has 0 aliphatic rings. The number of hydrogen-bond donors (Lipinski definition) is 2. The Bertz CT molecular complexity index is 589. The van der Waals surface area contributed by atoms with Crippen LogP contribution in [0.25, 0.3) is 0 Å². The minimum atomic E-state index is 0.251. The van der Waals surface area contributed by atoms with Crippen molar-refractivity contribution in [1.82, 2.24) is 15.0 Å². The molecule has 0 unspecified atom stereocenters. The summed E-state index contributed by atoms with van der Waals surface area (Å²) in [7, 11) is 0. The number of benzene rings is 1. The lowest BCUT2D eigenvalue weighted by atomic mass is 9.99. The first-order valence-corrected chi connectivity index (χ1v) is 7.45. The first-order chi connectivity index (χ1) is 10.1. The number of nitrogens with zero attached hydrogens (tertiary/aromatic N) is 3. The van der Waals surface area contributed by atoms with Gasteiger partial charge in [-0.3, -0.25) is 0 Å². The third-order valence-electron chi connectivity index (χ3n) is 3.40. The molecule has 0 amide bonds. The number of nitrogens with two attached hydrogens (primary N) is 1. The van der Waals surface area contributed by atoms with Crippen molar-refractivity contribution in [1.29, 1.82) is 0 Å². The van der Waals surface area contributed by atoms with Crippen molar-refractivity contribution in [2.45, 2.75) is 46.6 Å². The van der Waals surface area contributed by atoms with Gasteiger partial charge >= 0.3 is 0 Å². The number of aromatic nitrogens is 3. The first kappa shape index (κ1) is 15.2. The highest BCUT2D eigenvalue weighted by Gasteiger charge is 2.05. The summed E-state index contributed by atoms with van der Waals surface area (Å²) in [6.07, 6.45) is 3.26. The van der Waals surface area contributed by atoms with Gasteiger partial charge in [0, 0.05) is 6.54 Å². The lowest BCUT2D eigenvalue weighted by Crippen LogP contribution is -2.09. The van der Waals surface area contributed by atoms with Gasteiger partial charge in [0.05, 0.1) is 0 Å². The van der Waals surface area contributed by atoms with E-state index in [1.807, 2.05) is 6.92 Å². The molecule has 3 N–H and O–H groups in total. The number of anilines is 2. The molecule has 2 aromatic rings. The Balaban J connectivity index is 2.17. The third kappa shape index (κ3) is 4.15. The maximum absolute atomic E-state index is 5.65. The standard InChI is InChI=1S/C16H23N5/c1-4-6-13-8-7-12(5-2)9-14(13)10-18-16-20-11(3)19-15(17)21-16/h7-9H,4-6,10H2,1-3H3,(H3,17,18,19,20,21). The van der Waals surface area contributed by atoms with Crippen molar-refractivity contribution >= 4 is 11.9 Å². The molecule has 112 valence electrons. The minimum absolute atomic E-state index is 0.251. The van der Waals surface area contributed by atoms with Crippen LogP contribution in [-0.2, 0) is 19.4 Å². The Hall–Kier alpha value is -2.17. The van der Waals surface area contributed by atoms with Gasteiger partial charge in [-0.15, -0.1) is 0 Å². The maximum atomic E-state index is 5.65. The fourth-order valence-electron chi connectivity index (χ4n) is 2.33. The molecule has 0 bridgehead atoms. The summed E-state index contributed by atoms with van der Waals surface area (Å²) >= 11 is 0. The van der Waals surface area contributed by atoms with Crippen molar-refractivity contribution in [3.05, 3.63) is 40.7 Å². The molecule has 1 heterocycles. The Labute approximate surface area is 126 Å². The molecule has 2 rings (SSSR count). The molecule has 0 spiro atoms. The highest BCUT2D eigenvalue weighted by atomic mass is 15.2. The molecule has 1 aromatic carbocycles. The minimum Gasteiger partial charge on any atom is -0.368 e. The fourth-order valence-corrected chi connectivity index (χ4v) is 2.33. The summed E-state index contributed by atoms with van der Waals surface area (Å²) in [5.41, 5.74) is 9.67. The molecule has 0 fully saturated rings. The van der Waals surface area contributed by atoms with Crippen LogP contribution in [-0.4, -0.2) is 15.0 Å². The average molecular weight is 285 g/mol. The summed E-state index contributed by atoms with van der Waals surface area (Å²) in [5, 5.41) is 3.25. The lowest BCUT2D eigenvalue weighted by molar-refractivity contribution is 0.891. The molecular weight excluding hydrogens is 262 g/mol. The second-order valence-corrected chi connectivity index (χ2v) is 5.12. The molecule has 0 saturated carbocycles. The van der Waals surface area contributed by atoms with Crippen LogP contribution in [0.3, 0.4) is 0 Å². The molecule has 1 aromatic heterocycles. The topological polar surface area (TPSA) is 76.7 Å². The lowest BCUT2D eigenvalue weighted by Gasteiger charge is -2.12. The maximum Gasteiger partial charge on any atom is 0.227 e. The summed E-state index contributed by atoms with van der Waals surface area (Å²) in [6, 6.07) is 6.70. The van der Waals surface area contributed by atoms with E-state index in [0.29, 0.717) is 18.3 Å². The third-order valence-corrected chi connectivity index (χ3v) is 3.40. The zero-order valence-electron chi connectivity index (χ0n) is 13.0. The smallest absolute Gasteiger partial charge is 0.227 e. The summed E-state index contributed by atoms with van der Waals surface area (Å²) in [4.78, 5) is 12.3. The van der Waals surface area contributed by atoms with Gasteiger partial charge in [0.2, 0.25) is 11.9 Å². The van der Waals surface area contributed by atoms with Crippen LogP contribution in [0.5, 0.6) is 0 Å². The predicted molar refractivity (Wildman–Crippen MR) is 86.1 cm³/mol. The zero-order valence-corrected chi connectivity index (χ0v) is 13.0. The van der Waals surface area contributed by atoms with Crippen LogP contribution >= 0.6 is 0 Å². The highest BCUT2D eigenvalue weighted by Crippen LogP contribution is 2.16. The van der Waals surface area contributed by atoms with E-state index in [4.69, 9.17) is 5.73 Å². The monoisotopic (exact) mass is 285 g/mol. The largest absolute Gasteiger partial charge is 0.368 e. The van der Waals surface area contributed by atoms with Crippen molar-refractivity contribution in [3.63, 3.8) is 0 Å². The van der Waals surface area contributed by atoms with Gasteiger partial charge in [-0.2, -0.15) is 15.0 Å². The normalized spacial score (nSPS) is 10.6. The van der Waals surface area contributed by atoms with Crippen molar-refractivity contribution in [2.24, 2.45) is 0 Å². The van der Waals surface area contributed by atoms with E-state index in [9.17, 15) is 0 Å². The highest BCUT2D eigenvalue weighted by molar-refractivity contribution is 5.37. The van der Waals surface area contributed by atoms with Crippen LogP contribution in [0.1, 0.15) is 42.8 Å². The molecule has 0 saturated heterocycles. The van der Waals surface area contributed by atoms with Crippen LogP contribution in [0.2, 0.25) is 0 Å². The Morgan fingerprint density at radius 1 is 1.10 bits per heavy atom. The van der Waals surface area contributed by atoms with Gasteiger partial charge in [0.15, 0.2) is 0 Å². The first-order valence-electron chi connectivity index (χ1n) is 7.45. The molecule has 0 radical (unpaired) electrons. The second-order valence-electron chi connectivity index (χ2n) is 5.12. The van der Waals surface area contributed by atoms with Crippen LogP contribution in [0.15, 0.2) is 18.2 Å². The van der Waals surface area contributed by atoms with E-state index < -0.39 is 0 Å². The number of aryl methyl sites for hydroxylation is 3. The molecule has 5 nitrogen and oxygen atoms in total. The Morgan fingerprint density at radius 3 is 2.57 bits per heavy atom. The summed E-state index contributed by atoms with van der Waals surface area (Å²) in [5.74, 6) is 1.41. The van der Waals surface area contributed by atoms with Crippen molar-refractivity contribution < 1.29 is 0 Å². The fraction of sp³-hybridized carbons (Fsp3) is 0.438. The average Bonchev–Trinajstić information content (AvgIpc) is 2.45. The molecular formula is C16H23N5. The van der Waals surface area contributed by atoms with Crippen LogP contribution < -0.4 is 11.1 Å². The van der Waals surface area contributed by atoms with E-state index >= 15 is 0 Å². The van der Waals surface area contributed by atoms with Gasteiger partial charge in [0.25, 0.3) is 0 Å². The van der Waals surface area contributed by atoms with E-state index in [0.717, 1.165) is 19.3 Å². The quantitative estimate of drug-likeness (QED) is 0.853. The molecule has 5 heteroatoms. The number of nitrogen functional groups attached to an aromatic ring is 1. The van der Waals surface area contributed by atoms with Crippen molar-refractivity contribution in [2.75, 3.05) is 11.1 Å². The summed E-state index contributed by atoms with van der Waals surface area (Å²) in [6.45, 7) is 6.87. The van der Waals surface area contributed by atoms with E-state index in [2.05, 4.69) is 52.3 Å². The number of hydrogen-bond acceptors (Lipinski definition) is 5. The SMILES string of the molecule is CCCc1ccc(CC)cc1CNc1nc(C)nc(N)n1. The van der Waals surface area contributed by atoms with Gasteiger partial charge < -0.3 is 11.1 Å². The van der Waals surface area contributed by atoms with Crippen molar-refractivity contribution in [3.8, 4) is 0 Å².